The molecule has 112 valence electrons. The number of hydrogen-bond acceptors (Lipinski definition) is 5. The summed E-state index contributed by atoms with van der Waals surface area (Å²) in [5, 5.41) is 20.6. The van der Waals surface area contributed by atoms with Crippen molar-refractivity contribution in [2.24, 2.45) is 0 Å². The van der Waals surface area contributed by atoms with Gasteiger partial charge in [-0.1, -0.05) is 24.3 Å². The van der Waals surface area contributed by atoms with Gasteiger partial charge >= 0.3 is 11.3 Å². The summed E-state index contributed by atoms with van der Waals surface area (Å²) in [5.41, 5.74) is -1.30. The van der Waals surface area contributed by atoms with E-state index in [1.807, 2.05) is 0 Å². The fourth-order valence-corrected chi connectivity index (χ4v) is 2.37. The highest BCUT2D eigenvalue weighted by Gasteiger charge is 2.22. The van der Waals surface area contributed by atoms with Crippen LogP contribution in [0.25, 0.3) is 22.1 Å². The molecular formula is C16H7FN2O4. The molecule has 0 aliphatic rings. The number of para-hydroxylation sites is 1. The topological polar surface area (TPSA) is 97.1 Å². The van der Waals surface area contributed by atoms with Gasteiger partial charge in [-0.2, -0.15) is 5.26 Å². The van der Waals surface area contributed by atoms with E-state index in [0.29, 0.717) is 5.56 Å². The van der Waals surface area contributed by atoms with E-state index in [4.69, 9.17) is 4.42 Å². The molecule has 0 amide bonds. The zero-order chi connectivity index (χ0) is 16.6. The highest BCUT2D eigenvalue weighted by molar-refractivity contribution is 5.99. The van der Waals surface area contributed by atoms with Gasteiger partial charge in [0.2, 0.25) is 5.58 Å². The van der Waals surface area contributed by atoms with Crippen molar-refractivity contribution in [3.8, 4) is 17.2 Å². The average Bonchev–Trinajstić information content (AvgIpc) is 2.53. The molecule has 0 radical (unpaired) electrons. The van der Waals surface area contributed by atoms with E-state index in [1.54, 1.807) is 6.07 Å². The largest absolute Gasteiger partial charge is 0.414 e. The van der Waals surface area contributed by atoms with E-state index in [0.717, 1.165) is 0 Å². The summed E-state index contributed by atoms with van der Waals surface area (Å²) in [4.78, 5) is 22.4. The predicted octanol–water partition coefficient (Wildman–Crippen LogP) is 3.38. The molecule has 0 saturated heterocycles. The molecule has 0 aliphatic carbocycles. The maximum atomic E-state index is 13.1. The fraction of sp³-hybridized carbons (Fsp3) is 0. The number of nitrogens with zero attached hydrogens (tertiary/aromatic N) is 2. The predicted molar refractivity (Wildman–Crippen MR) is 79.2 cm³/mol. The van der Waals surface area contributed by atoms with Crippen molar-refractivity contribution < 1.29 is 13.7 Å². The molecule has 1 aromatic heterocycles. The minimum atomic E-state index is -0.978. The number of fused-ring (bicyclic) bond motifs is 1. The summed E-state index contributed by atoms with van der Waals surface area (Å²) in [5.74, 6) is -0.481. The molecule has 0 N–H and O–H groups in total. The number of halogens is 1. The maximum Gasteiger partial charge on any atom is 0.355 e. The molecule has 0 unspecified atom stereocenters. The molecule has 3 rings (SSSR count). The minimum Gasteiger partial charge on any atom is -0.414 e. The number of rotatable bonds is 2. The molecular weight excluding hydrogens is 303 g/mol. The van der Waals surface area contributed by atoms with Crippen molar-refractivity contribution in [2.45, 2.75) is 0 Å². The van der Waals surface area contributed by atoms with E-state index in [9.17, 15) is 24.6 Å². The van der Waals surface area contributed by atoms with Crippen LogP contribution in [0.1, 0.15) is 5.56 Å². The maximum absolute atomic E-state index is 13.1. The first kappa shape index (κ1) is 14.4. The summed E-state index contributed by atoms with van der Waals surface area (Å²) < 4.78 is 18.1. The van der Waals surface area contributed by atoms with Gasteiger partial charge in [-0.25, -0.2) is 9.18 Å². The second kappa shape index (κ2) is 5.35. The second-order valence-corrected chi connectivity index (χ2v) is 4.67. The zero-order valence-electron chi connectivity index (χ0n) is 11.4. The lowest BCUT2D eigenvalue weighted by atomic mass is 9.97. The van der Waals surface area contributed by atoms with E-state index in [1.165, 1.54) is 42.5 Å². The molecule has 0 spiro atoms. The van der Waals surface area contributed by atoms with Crippen LogP contribution in [-0.4, -0.2) is 4.92 Å². The lowest BCUT2D eigenvalue weighted by molar-refractivity contribution is -0.383. The number of nitro benzene ring substituents is 1. The van der Waals surface area contributed by atoms with E-state index >= 15 is 0 Å². The van der Waals surface area contributed by atoms with Gasteiger partial charge in [-0.05, 0) is 17.7 Å². The Balaban J connectivity index is 2.50. The average molecular weight is 310 g/mol. The summed E-state index contributed by atoms with van der Waals surface area (Å²) in [6.45, 7) is 0. The molecule has 1 heterocycles. The zero-order valence-corrected chi connectivity index (χ0v) is 11.4. The van der Waals surface area contributed by atoms with Crippen LogP contribution in [0, 0.1) is 27.3 Å². The van der Waals surface area contributed by atoms with Gasteiger partial charge in [0.1, 0.15) is 17.4 Å². The van der Waals surface area contributed by atoms with Crippen molar-refractivity contribution in [2.75, 3.05) is 0 Å². The van der Waals surface area contributed by atoms with Crippen LogP contribution in [0.5, 0.6) is 0 Å². The van der Waals surface area contributed by atoms with Gasteiger partial charge in [0.05, 0.1) is 4.92 Å². The van der Waals surface area contributed by atoms with Crippen LogP contribution in [-0.2, 0) is 0 Å². The Morgan fingerprint density at radius 3 is 2.48 bits per heavy atom. The van der Waals surface area contributed by atoms with Crippen molar-refractivity contribution in [1.29, 1.82) is 5.26 Å². The summed E-state index contributed by atoms with van der Waals surface area (Å²) in [6.07, 6.45) is 0. The Bertz CT molecular complexity index is 1030. The molecule has 0 aliphatic heterocycles. The molecule has 2 aromatic carbocycles. The molecule has 6 nitrogen and oxygen atoms in total. The molecule has 0 bridgehead atoms. The molecule has 0 atom stereocenters. The monoisotopic (exact) mass is 310 g/mol. The number of nitriles is 1. The fourth-order valence-electron chi connectivity index (χ4n) is 2.37. The summed E-state index contributed by atoms with van der Waals surface area (Å²) in [6, 6.07) is 11.0. The van der Waals surface area contributed by atoms with Gasteiger partial charge in [0.25, 0.3) is 0 Å². The third-order valence-corrected chi connectivity index (χ3v) is 3.35. The Morgan fingerprint density at radius 2 is 1.87 bits per heavy atom. The highest BCUT2D eigenvalue weighted by Crippen LogP contribution is 2.34. The van der Waals surface area contributed by atoms with Crippen molar-refractivity contribution >= 4 is 16.7 Å². The van der Waals surface area contributed by atoms with E-state index in [2.05, 4.69) is 0 Å². The SMILES string of the molecule is N#Cc1c(-c2ccc(F)cc2)c2cccc([N+](=O)[O-])c2oc1=O. The third-order valence-electron chi connectivity index (χ3n) is 3.35. The van der Waals surface area contributed by atoms with Crippen LogP contribution >= 0.6 is 0 Å². The van der Waals surface area contributed by atoms with Crippen LogP contribution < -0.4 is 5.63 Å². The van der Waals surface area contributed by atoms with Gasteiger partial charge in [-0.15, -0.1) is 0 Å². The normalized spacial score (nSPS) is 10.4. The Hall–Kier alpha value is -3.53. The summed E-state index contributed by atoms with van der Waals surface area (Å²) >= 11 is 0. The van der Waals surface area contributed by atoms with Gasteiger partial charge in [-0.3, -0.25) is 10.1 Å². The van der Waals surface area contributed by atoms with Crippen LogP contribution in [0.4, 0.5) is 10.1 Å². The van der Waals surface area contributed by atoms with E-state index in [-0.39, 0.29) is 27.8 Å². The molecule has 0 fully saturated rings. The lowest BCUT2D eigenvalue weighted by Crippen LogP contribution is -2.07. The Kier molecular flexibility index (Phi) is 3.35. The van der Waals surface area contributed by atoms with Crippen molar-refractivity contribution in [3.05, 3.63) is 74.4 Å². The van der Waals surface area contributed by atoms with Crippen LogP contribution in [0.3, 0.4) is 0 Å². The second-order valence-electron chi connectivity index (χ2n) is 4.67. The third kappa shape index (κ3) is 2.32. The molecule has 3 aromatic rings. The Morgan fingerprint density at radius 1 is 1.17 bits per heavy atom. The first-order chi connectivity index (χ1) is 11.0. The van der Waals surface area contributed by atoms with Crippen LogP contribution in [0.2, 0.25) is 0 Å². The van der Waals surface area contributed by atoms with Gasteiger partial charge < -0.3 is 4.42 Å². The molecule has 23 heavy (non-hydrogen) atoms. The quantitative estimate of drug-likeness (QED) is 0.410. The molecule has 0 saturated carbocycles. The first-order valence-corrected chi connectivity index (χ1v) is 6.43. The first-order valence-electron chi connectivity index (χ1n) is 6.43. The van der Waals surface area contributed by atoms with Gasteiger partial charge in [0.15, 0.2) is 0 Å². The van der Waals surface area contributed by atoms with Crippen molar-refractivity contribution in [1.82, 2.24) is 0 Å². The van der Waals surface area contributed by atoms with Crippen LogP contribution in [0.15, 0.2) is 51.7 Å². The number of hydrogen-bond donors (Lipinski definition) is 0. The Labute approximate surface area is 128 Å². The number of nitro groups is 1. The van der Waals surface area contributed by atoms with E-state index < -0.39 is 16.4 Å². The minimum absolute atomic E-state index is 0.183. The smallest absolute Gasteiger partial charge is 0.355 e. The summed E-state index contributed by atoms with van der Waals surface area (Å²) in [7, 11) is 0. The highest BCUT2D eigenvalue weighted by atomic mass is 19.1. The lowest BCUT2D eigenvalue weighted by Gasteiger charge is -2.08. The van der Waals surface area contributed by atoms with Gasteiger partial charge in [0, 0.05) is 17.0 Å². The number of benzene rings is 2. The van der Waals surface area contributed by atoms with Crippen molar-refractivity contribution in [3.63, 3.8) is 0 Å². The number of non-ortho nitro benzene ring substituents is 1. The standard InChI is InChI=1S/C16H7FN2O4/c17-10-6-4-9(5-7-10)14-11-2-1-3-13(19(21)22)15(11)23-16(20)12(14)8-18/h1-7H. The molecule has 7 heteroatoms.